The van der Waals surface area contributed by atoms with E-state index in [4.69, 9.17) is 9.47 Å². The number of hydrogen-bond donors (Lipinski definition) is 2. The number of amides is 1. The molecule has 0 saturated carbocycles. The Hall–Kier alpha value is -3.72. The van der Waals surface area contributed by atoms with E-state index in [1.165, 1.54) is 7.11 Å². The second-order valence-electron chi connectivity index (χ2n) is 9.09. The maximum Gasteiger partial charge on any atom is 0.315 e. The minimum absolute atomic E-state index is 0.0500. The fraction of sp³-hybridized carbons (Fsp3) is 0.296. The van der Waals surface area contributed by atoms with E-state index in [-0.39, 0.29) is 23.9 Å². The van der Waals surface area contributed by atoms with Gasteiger partial charge < -0.3 is 20.1 Å². The Balaban J connectivity index is 1.77. The molecule has 0 fully saturated rings. The number of benzene rings is 3. The number of rotatable bonds is 10. The number of carbonyl (C=O) groups excluding carboxylic acids is 1. The zero-order valence-electron chi connectivity index (χ0n) is 21.1. The molecule has 36 heavy (non-hydrogen) atoms. The fourth-order valence-electron chi connectivity index (χ4n) is 3.44. The van der Waals surface area contributed by atoms with Crippen LogP contribution in [-0.4, -0.2) is 25.1 Å². The summed E-state index contributed by atoms with van der Waals surface area (Å²) >= 11 is 1.59. The summed E-state index contributed by atoms with van der Waals surface area (Å²) in [5.74, 6) is 1.51. The highest BCUT2D eigenvalue weighted by Crippen LogP contribution is 2.35. The van der Waals surface area contributed by atoms with Crippen molar-refractivity contribution in [2.75, 3.05) is 24.9 Å². The van der Waals surface area contributed by atoms with Crippen LogP contribution in [0.25, 0.3) is 0 Å². The van der Waals surface area contributed by atoms with Crippen LogP contribution in [0.4, 0.5) is 17.1 Å². The summed E-state index contributed by atoms with van der Waals surface area (Å²) in [4.78, 5) is 24.6. The predicted molar refractivity (Wildman–Crippen MR) is 144 cm³/mol. The molecule has 1 amide bonds. The zero-order chi connectivity index (χ0) is 26.3. The number of thioether (sulfide) groups is 1. The molecule has 8 nitrogen and oxygen atoms in total. The number of anilines is 2. The Morgan fingerprint density at radius 3 is 2.36 bits per heavy atom. The molecule has 0 heterocycles. The first-order chi connectivity index (χ1) is 17.1. The minimum atomic E-state index is -0.501. The van der Waals surface area contributed by atoms with Crippen LogP contribution in [0.3, 0.4) is 0 Å². The average Bonchev–Trinajstić information content (AvgIpc) is 2.85. The molecular formula is C27H31N3O5S. The van der Waals surface area contributed by atoms with Crippen LogP contribution < -0.4 is 20.1 Å². The predicted octanol–water partition coefficient (Wildman–Crippen LogP) is 6.50. The highest BCUT2D eigenvalue weighted by Gasteiger charge is 2.22. The van der Waals surface area contributed by atoms with Gasteiger partial charge in [0.15, 0.2) is 5.75 Å². The first-order valence-corrected chi connectivity index (χ1v) is 12.4. The first kappa shape index (κ1) is 26.9. The molecule has 2 N–H and O–H groups in total. The Bertz CT molecular complexity index is 1240. The van der Waals surface area contributed by atoms with Crippen molar-refractivity contribution in [2.45, 2.75) is 38.0 Å². The lowest BCUT2D eigenvalue weighted by molar-refractivity contribution is -0.386. The highest BCUT2D eigenvalue weighted by atomic mass is 32.2. The summed E-state index contributed by atoms with van der Waals surface area (Å²) in [6.07, 6.45) is 0. The highest BCUT2D eigenvalue weighted by molar-refractivity contribution is 7.98. The van der Waals surface area contributed by atoms with Crippen LogP contribution in [0.2, 0.25) is 0 Å². The topological polar surface area (TPSA) is 103 Å². The third-order valence-corrected chi connectivity index (χ3v) is 6.57. The third kappa shape index (κ3) is 6.69. The molecule has 0 aliphatic carbocycles. The smallest absolute Gasteiger partial charge is 0.315 e. The summed E-state index contributed by atoms with van der Waals surface area (Å²) in [6.45, 7) is 5.89. The van der Waals surface area contributed by atoms with Crippen LogP contribution in [0.1, 0.15) is 31.9 Å². The van der Waals surface area contributed by atoms with Crippen molar-refractivity contribution in [3.8, 4) is 11.5 Å². The second-order valence-corrected chi connectivity index (χ2v) is 10.1. The largest absolute Gasteiger partial charge is 0.496 e. The Morgan fingerprint density at radius 1 is 0.972 bits per heavy atom. The lowest BCUT2D eigenvalue weighted by Crippen LogP contribution is -2.27. The van der Waals surface area contributed by atoms with Gasteiger partial charge in [0.25, 0.3) is 0 Å². The van der Waals surface area contributed by atoms with Crippen LogP contribution >= 0.6 is 11.8 Å². The van der Waals surface area contributed by atoms with Gasteiger partial charge in [0.05, 0.1) is 30.4 Å². The number of hydrogen-bond acceptors (Lipinski definition) is 7. The zero-order valence-corrected chi connectivity index (χ0v) is 21.9. The Kier molecular flexibility index (Phi) is 8.82. The molecule has 0 saturated heterocycles. The van der Waals surface area contributed by atoms with Gasteiger partial charge in [-0.25, -0.2) is 0 Å². The molecule has 0 aromatic heterocycles. The van der Waals surface area contributed by atoms with Crippen LogP contribution in [0.5, 0.6) is 11.5 Å². The Morgan fingerprint density at radius 2 is 1.69 bits per heavy atom. The normalized spacial score (nSPS) is 11.0. The monoisotopic (exact) mass is 509 g/mol. The molecule has 190 valence electrons. The van der Waals surface area contributed by atoms with E-state index in [1.54, 1.807) is 37.1 Å². The number of carbonyl (C=O) groups is 1. The average molecular weight is 510 g/mol. The van der Waals surface area contributed by atoms with Gasteiger partial charge >= 0.3 is 5.69 Å². The standard InChI is InChI=1S/C27H31N3O5S/c1-27(2,3)26(31)29-21-10-6-7-12-24(21)36-17-19-15-20(13-14-22(19)34-4)28-16-18-9-8-11-23(35-5)25(18)30(32)33/h6-15,28H,16-17H2,1-5H3,(H,29,31). The van der Waals surface area contributed by atoms with Crippen molar-refractivity contribution in [1.82, 2.24) is 0 Å². The van der Waals surface area contributed by atoms with Gasteiger partial charge in [-0.1, -0.05) is 45.0 Å². The van der Waals surface area contributed by atoms with Gasteiger partial charge in [0.2, 0.25) is 5.91 Å². The van der Waals surface area contributed by atoms with E-state index in [9.17, 15) is 14.9 Å². The van der Waals surface area contributed by atoms with E-state index in [0.29, 0.717) is 11.3 Å². The molecule has 0 atom stereocenters. The SMILES string of the molecule is COc1ccc(NCc2cccc(OC)c2[N+](=O)[O-])cc1CSc1ccccc1NC(=O)C(C)(C)C. The van der Waals surface area contributed by atoms with Gasteiger partial charge in [-0.15, -0.1) is 11.8 Å². The van der Waals surface area contributed by atoms with Gasteiger partial charge in [-0.05, 0) is 36.4 Å². The molecule has 0 radical (unpaired) electrons. The first-order valence-electron chi connectivity index (χ1n) is 11.4. The molecular weight excluding hydrogens is 478 g/mol. The van der Waals surface area contributed by atoms with E-state index in [2.05, 4.69) is 10.6 Å². The molecule has 0 aliphatic heterocycles. The summed E-state index contributed by atoms with van der Waals surface area (Å²) < 4.78 is 10.7. The molecule has 0 bridgehead atoms. The van der Waals surface area contributed by atoms with Crippen molar-refractivity contribution < 1.29 is 19.2 Å². The number of nitrogens with one attached hydrogen (secondary N) is 2. The summed E-state index contributed by atoms with van der Waals surface area (Å²) in [5.41, 5.74) is 2.49. The lowest BCUT2D eigenvalue weighted by Gasteiger charge is -2.19. The van der Waals surface area contributed by atoms with E-state index in [1.807, 2.05) is 63.2 Å². The van der Waals surface area contributed by atoms with Gasteiger partial charge in [-0.3, -0.25) is 14.9 Å². The summed E-state index contributed by atoms with van der Waals surface area (Å²) in [6, 6.07) is 18.4. The molecule has 3 aromatic rings. The van der Waals surface area contributed by atoms with E-state index < -0.39 is 10.3 Å². The quantitative estimate of drug-likeness (QED) is 0.183. The number of methoxy groups -OCH3 is 2. The fourth-order valence-corrected chi connectivity index (χ4v) is 4.43. The van der Waals surface area contributed by atoms with Crippen molar-refractivity contribution in [3.63, 3.8) is 0 Å². The van der Waals surface area contributed by atoms with Gasteiger partial charge in [0.1, 0.15) is 5.75 Å². The molecule has 0 unspecified atom stereocenters. The maximum absolute atomic E-state index is 12.5. The van der Waals surface area contributed by atoms with Crippen molar-refractivity contribution in [2.24, 2.45) is 5.41 Å². The van der Waals surface area contributed by atoms with E-state index in [0.717, 1.165) is 27.6 Å². The van der Waals surface area contributed by atoms with Crippen molar-refractivity contribution >= 4 is 34.7 Å². The molecule has 3 aromatic carbocycles. The number of ether oxygens (including phenoxy) is 2. The summed E-state index contributed by atoms with van der Waals surface area (Å²) in [7, 11) is 3.04. The number of nitrogens with zero attached hydrogens (tertiary/aromatic N) is 1. The van der Waals surface area contributed by atoms with Gasteiger partial charge in [0, 0.05) is 33.9 Å². The second kappa shape index (κ2) is 11.8. The van der Waals surface area contributed by atoms with Crippen LogP contribution in [0, 0.1) is 15.5 Å². The molecule has 0 spiro atoms. The molecule has 9 heteroatoms. The number of nitro benzene ring substituents is 1. The number of para-hydroxylation sites is 2. The lowest BCUT2D eigenvalue weighted by atomic mass is 9.95. The molecule has 3 rings (SSSR count). The Labute approximate surface area is 215 Å². The van der Waals surface area contributed by atoms with Crippen molar-refractivity contribution in [1.29, 1.82) is 0 Å². The molecule has 0 aliphatic rings. The summed E-state index contributed by atoms with van der Waals surface area (Å²) in [5, 5.41) is 17.9. The van der Waals surface area contributed by atoms with E-state index >= 15 is 0 Å². The minimum Gasteiger partial charge on any atom is -0.496 e. The van der Waals surface area contributed by atoms with Gasteiger partial charge in [-0.2, -0.15) is 0 Å². The van der Waals surface area contributed by atoms with Crippen molar-refractivity contribution in [3.05, 3.63) is 81.9 Å². The van der Waals surface area contributed by atoms with Crippen LogP contribution in [0.15, 0.2) is 65.6 Å². The third-order valence-electron chi connectivity index (χ3n) is 5.45. The van der Waals surface area contributed by atoms with Crippen LogP contribution in [-0.2, 0) is 17.1 Å². The maximum atomic E-state index is 12.5. The number of nitro groups is 1.